The summed E-state index contributed by atoms with van der Waals surface area (Å²) in [5, 5.41) is 7.78. The van der Waals surface area contributed by atoms with E-state index in [-0.39, 0.29) is 11.4 Å². The normalized spacial score (nSPS) is 16.9. The molecule has 1 amide bonds. The standard InChI is InChI=1S/C23H28N4O3/c1-3-23(2,26-11-14-29-15-12-26)17-24-22(28)20-16-19(21-10-7-13-30-21)25-27(20)18-8-5-4-6-9-18/h4-10,13,16H,3,11-12,14-15,17H2,1-2H3,(H,24,28). The second-order valence-electron chi connectivity index (χ2n) is 7.77. The molecule has 0 aliphatic carbocycles. The number of ether oxygens (including phenoxy) is 1. The maximum Gasteiger partial charge on any atom is 0.270 e. The van der Waals surface area contributed by atoms with E-state index in [0.29, 0.717) is 23.7 Å². The minimum atomic E-state index is -0.155. The maximum absolute atomic E-state index is 13.2. The van der Waals surface area contributed by atoms with E-state index in [1.54, 1.807) is 17.0 Å². The SMILES string of the molecule is CCC(C)(CNC(=O)c1cc(-c2ccco2)nn1-c1ccccc1)N1CCOCC1. The number of aromatic nitrogens is 2. The summed E-state index contributed by atoms with van der Waals surface area (Å²) >= 11 is 0. The Hall–Kier alpha value is -2.90. The average Bonchev–Trinajstić information content (AvgIpc) is 3.48. The number of nitrogens with one attached hydrogen (secondary N) is 1. The van der Waals surface area contributed by atoms with Crippen molar-refractivity contribution >= 4 is 5.91 Å². The molecule has 158 valence electrons. The van der Waals surface area contributed by atoms with E-state index in [2.05, 4.69) is 29.2 Å². The summed E-state index contributed by atoms with van der Waals surface area (Å²) in [6, 6.07) is 15.1. The van der Waals surface area contributed by atoms with Crippen molar-refractivity contribution in [2.45, 2.75) is 25.8 Å². The van der Waals surface area contributed by atoms with E-state index in [0.717, 1.165) is 38.4 Å². The van der Waals surface area contributed by atoms with Crippen molar-refractivity contribution in [3.8, 4) is 17.1 Å². The highest BCUT2D eigenvalue weighted by molar-refractivity contribution is 5.94. The largest absolute Gasteiger partial charge is 0.463 e. The van der Waals surface area contributed by atoms with Crippen LogP contribution < -0.4 is 5.32 Å². The number of hydrogen-bond acceptors (Lipinski definition) is 5. The lowest BCUT2D eigenvalue weighted by atomic mass is 9.95. The minimum absolute atomic E-state index is 0.124. The molecule has 3 aromatic rings. The lowest BCUT2D eigenvalue weighted by molar-refractivity contribution is -0.0169. The Balaban J connectivity index is 1.58. The molecule has 0 radical (unpaired) electrons. The van der Waals surface area contributed by atoms with Crippen molar-refractivity contribution < 1.29 is 13.9 Å². The number of rotatable bonds is 7. The molecule has 1 unspecified atom stereocenters. The lowest BCUT2D eigenvalue weighted by Gasteiger charge is -2.43. The van der Waals surface area contributed by atoms with Gasteiger partial charge < -0.3 is 14.5 Å². The van der Waals surface area contributed by atoms with E-state index in [4.69, 9.17) is 9.15 Å². The van der Waals surface area contributed by atoms with Crippen LogP contribution in [0.3, 0.4) is 0 Å². The van der Waals surface area contributed by atoms with Gasteiger partial charge in [0.1, 0.15) is 11.4 Å². The molecule has 1 N–H and O–H groups in total. The van der Waals surface area contributed by atoms with Gasteiger partial charge in [-0.1, -0.05) is 25.1 Å². The molecule has 1 atom stereocenters. The van der Waals surface area contributed by atoms with E-state index in [1.807, 2.05) is 42.5 Å². The Labute approximate surface area is 176 Å². The van der Waals surface area contributed by atoms with Crippen LogP contribution in [0.2, 0.25) is 0 Å². The first kappa shape index (κ1) is 20.4. The molecule has 1 aliphatic rings. The number of hydrogen-bond donors (Lipinski definition) is 1. The van der Waals surface area contributed by atoms with Gasteiger partial charge in [-0.2, -0.15) is 5.10 Å². The summed E-state index contributed by atoms with van der Waals surface area (Å²) in [7, 11) is 0. The molecular weight excluding hydrogens is 380 g/mol. The number of morpholine rings is 1. The summed E-state index contributed by atoms with van der Waals surface area (Å²) in [5.41, 5.74) is 1.81. The van der Waals surface area contributed by atoms with Crippen molar-refractivity contribution in [2.24, 2.45) is 0 Å². The van der Waals surface area contributed by atoms with E-state index >= 15 is 0 Å². The van der Waals surface area contributed by atoms with Crippen molar-refractivity contribution in [1.82, 2.24) is 20.0 Å². The van der Waals surface area contributed by atoms with E-state index in [1.165, 1.54) is 0 Å². The van der Waals surface area contributed by atoms with Gasteiger partial charge in [-0.3, -0.25) is 9.69 Å². The zero-order valence-electron chi connectivity index (χ0n) is 17.5. The fourth-order valence-electron chi connectivity index (χ4n) is 3.78. The van der Waals surface area contributed by atoms with E-state index in [9.17, 15) is 4.79 Å². The van der Waals surface area contributed by atoms with Gasteiger partial charge in [0.2, 0.25) is 0 Å². The third-order valence-electron chi connectivity index (χ3n) is 5.88. The third kappa shape index (κ3) is 4.17. The molecule has 1 fully saturated rings. The zero-order valence-corrected chi connectivity index (χ0v) is 17.5. The topological polar surface area (TPSA) is 72.5 Å². The van der Waals surface area contributed by atoms with Gasteiger partial charge in [0.15, 0.2) is 5.76 Å². The highest BCUT2D eigenvalue weighted by Gasteiger charge is 2.32. The first-order valence-electron chi connectivity index (χ1n) is 10.4. The Morgan fingerprint density at radius 2 is 1.93 bits per heavy atom. The number of benzene rings is 1. The lowest BCUT2D eigenvalue weighted by Crippen LogP contribution is -2.56. The van der Waals surface area contributed by atoms with Gasteiger partial charge in [0.25, 0.3) is 5.91 Å². The number of carbonyl (C=O) groups is 1. The number of amides is 1. The zero-order chi connectivity index (χ0) is 21.0. The fraction of sp³-hybridized carbons (Fsp3) is 0.391. The molecule has 30 heavy (non-hydrogen) atoms. The van der Waals surface area contributed by atoms with Crippen LogP contribution in [0, 0.1) is 0 Å². The van der Waals surface area contributed by atoms with Gasteiger partial charge >= 0.3 is 0 Å². The molecule has 7 heteroatoms. The van der Waals surface area contributed by atoms with Gasteiger partial charge in [-0.15, -0.1) is 0 Å². The third-order valence-corrected chi connectivity index (χ3v) is 5.88. The van der Waals surface area contributed by atoms with Crippen LogP contribution in [-0.2, 0) is 4.74 Å². The van der Waals surface area contributed by atoms with Crippen molar-refractivity contribution in [2.75, 3.05) is 32.8 Å². The molecule has 3 heterocycles. The number of carbonyl (C=O) groups excluding carboxylic acids is 1. The van der Waals surface area contributed by atoms with Crippen LogP contribution in [0.5, 0.6) is 0 Å². The molecule has 0 bridgehead atoms. The van der Waals surface area contributed by atoms with Crippen molar-refractivity contribution in [3.05, 3.63) is 60.5 Å². The Bertz CT molecular complexity index is 962. The van der Waals surface area contributed by atoms with Gasteiger partial charge in [-0.25, -0.2) is 4.68 Å². The quantitative estimate of drug-likeness (QED) is 0.649. The monoisotopic (exact) mass is 408 g/mol. The van der Waals surface area contributed by atoms with Crippen LogP contribution in [-0.4, -0.2) is 59.0 Å². The summed E-state index contributed by atoms with van der Waals surface area (Å²) in [6.07, 6.45) is 2.54. The number of nitrogens with zero attached hydrogens (tertiary/aromatic N) is 3. The highest BCUT2D eigenvalue weighted by Crippen LogP contribution is 2.23. The summed E-state index contributed by atoms with van der Waals surface area (Å²) in [5.74, 6) is 0.475. The van der Waals surface area contributed by atoms with Crippen molar-refractivity contribution in [1.29, 1.82) is 0 Å². The second-order valence-corrected chi connectivity index (χ2v) is 7.77. The maximum atomic E-state index is 13.2. The smallest absolute Gasteiger partial charge is 0.270 e. The van der Waals surface area contributed by atoms with Gasteiger partial charge in [0, 0.05) is 31.2 Å². The van der Waals surface area contributed by atoms with Crippen LogP contribution in [0.25, 0.3) is 17.1 Å². The predicted octanol–water partition coefficient (Wildman–Crippen LogP) is 3.36. The first-order valence-corrected chi connectivity index (χ1v) is 10.4. The number of para-hydroxylation sites is 1. The van der Waals surface area contributed by atoms with Crippen LogP contribution in [0.1, 0.15) is 30.8 Å². The molecule has 0 saturated carbocycles. The van der Waals surface area contributed by atoms with Crippen LogP contribution in [0.15, 0.2) is 59.2 Å². The Morgan fingerprint density at radius 1 is 1.17 bits per heavy atom. The fourth-order valence-corrected chi connectivity index (χ4v) is 3.78. The van der Waals surface area contributed by atoms with Crippen LogP contribution >= 0.6 is 0 Å². The van der Waals surface area contributed by atoms with Gasteiger partial charge in [0.05, 0.1) is 25.2 Å². The molecule has 7 nitrogen and oxygen atoms in total. The molecule has 1 aliphatic heterocycles. The molecule has 2 aromatic heterocycles. The molecule has 1 aromatic carbocycles. The highest BCUT2D eigenvalue weighted by atomic mass is 16.5. The predicted molar refractivity (Wildman–Crippen MR) is 115 cm³/mol. The molecule has 4 rings (SSSR count). The Kier molecular flexibility index (Phi) is 6.01. The van der Waals surface area contributed by atoms with E-state index < -0.39 is 0 Å². The van der Waals surface area contributed by atoms with Crippen molar-refractivity contribution in [3.63, 3.8) is 0 Å². The summed E-state index contributed by atoms with van der Waals surface area (Å²) < 4.78 is 12.6. The second kappa shape index (κ2) is 8.85. The average molecular weight is 409 g/mol. The first-order chi connectivity index (χ1) is 14.6. The molecular formula is C23H28N4O3. The molecule has 0 spiro atoms. The minimum Gasteiger partial charge on any atom is -0.463 e. The van der Waals surface area contributed by atoms with Crippen LogP contribution in [0.4, 0.5) is 0 Å². The number of furan rings is 1. The van der Waals surface area contributed by atoms with Gasteiger partial charge in [-0.05, 0) is 37.6 Å². The summed E-state index contributed by atoms with van der Waals surface area (Å²) in [6.45, 7) is 8.13. The summed E-state index contributed by atoms with van der Waals surface area (Å²) in [4.78, 5) is 15.6. The molecule has 1 saturated heterocycles. The Morgan fingerprint density at radius 3 is 2.60 bits per heavy atom.